The lowest BCUT2D eigenvalue weighted by atomic mass is 10.4. The molecule has 0 fully saturated rings. The van der Waals surface area contributed by atoms with Crippen LogP contribution in [0.4, 0.5) is 5.82 Å². The molecule has 0 aliphatic rings. The Morgan fingerprint density at radius 3 is 3.21 bits per heavy atom. The Bertz CT molecular complexity index is 415. The van der Waals surface area contributed by atoms with E-state index in [4.69, 9.17) is 5.11 Å². The fraction of sp³-hybridized carbons (Fsp3) is 0.333. The first-order valence-electron chi connectivity index (χ1n) is 4.45. The van der Waals surface area contributed by atoms with E-state index in [0.29, 0.717) is 0 Å². The maximum Gasteiger partial charge on any atom is 0.147 e. The van der Waals surface area contributed by atoms with E-state index in [-0.39, 0.29) is 6.61 Å². The van der Waals surface area contributed by atoms with Gasteiger partial charge in [0.25, 0.3) is 0 Å². The summed E-state index contributed by atoms with van der Waals surface area (Å²) in [5.74, 6) is 0.860. The van der Waals surface area contributed by atoms with Crippen LogP contribution in [0.25, 0.3) is 10.2 Å². The van der Waals surface area contributed by atoms with Crippen LogP contribution in [0.3, 0.4) is 0 Å². The van der Waals surface area contributed by atoms with Crippen LogP contribution >= 0.6 is 11.3 Å². The Kier molecular flexibility index (Phi) is 2.90. The Balaban J connectivity index is 2.19. The average molecular weight is 209 g/mol. The summed E-state index contributed by atoms with van der Waals surface area (Å²) < 4.78 is 1.07. The fourth-order valence-electron chi connectivity index (χ4n) is 1.20. The predicted octanol–water partition coefficient (Wildman–Crippen LogP) is 1.49. The fourth-order valence-corrected chi connectivity index (χ4v) is 2.01. The first-order chi connectivity index (χ1) is 6.92. The monoisotopic (exact) mass is 209 g/mol. The van der Waals surface area contributed by atoms with Crippen LogP contribution in [0.15, 0.2) is 17.8 Å². The third-order valence-corrected chi connectivity index (χ3v) is 2.78. The van der Waals surface area contributed by atoms with Crippen molar-refractivity contribution in [3.63, 3.8) is 0 Å². The van der Waals surface area contributed by atoms with Gasteiger partial charge in [0, 0.05) is 13.2 Å². The number of thiophene rings is 1. The minimum absolute atomic E-state index is 0.200. The van der Waals surface area contributed by atoms with E-state index in [1.807, 2.05) is 11.4 Å². The van der Waals surface area contributed by atoms with Crippen molar-refractivity contribution in [1.29, 1.82) is 0 Å². The number of anilines is 1. The van der Waals surface area contributed by atoms with Gasteiger partial charge in [0.1, 0.15) is 12.1 Å². The second-order valence-corrected chi connectivity index (χ2v) is 3.78. The summed E-state index contributed by atoms with van der Waals surface area (Å²) in [6, 6.07) is 1.97. The van der Waals surface area contributed by atoms with Gasteiger partial charge in [-0.15, -0.1) is 11.3 Å². The molecule has 0 saturated carbocycles. The molecular formula is C9H11N3OS. The number of aliphatic hydroxyl groups is 1. The van der Waals surface area contributed by atoms with Crippen molar-refractivity contribution < 1.29 is 5.11 Å². The van der Waals surface area contributed by atoms with Crippen molar-refractivity contribution in [2.75, 3.05) is 18.5 Å². The summed E-state index contributed by atoms with van der Waals surface area (Å²) in [7, 11) is 0. The number of hydrogen-bond donors (Lipinski definition) is 2. The van der Waals surface area contributed by atoms with Gasteiger partial charge >= 0.3 is 0 Å². The zero-order valence-corrected chi connectivity index (χ0v) is 8.42. The van der Waals surface area contributed by atoms with Crippen molar-refractivity contribution in [3.05, 3.63) is 17.8 Å². The van der Waals surface area contributed by atoms with Crippen molar-refractivity contribution in [3.8, 4) is 0 Å². The first-order valence-corrected chi connectivity index (χ1v) is 5.32. The SMILES string of the molecule is OCCCNc1ncnc2ccsc12. The van der Waals surface area contributed by atoms with E-state index < -0.39 is 0 Å². The highest BCUT2D eigenvalue weighted by Gasteiger charge is 2.02. The third-order valence-electron chi connectivity index (χ3n) is 1.87. The minimum atomic E-state index is 0.200. The molecule has 0 unspecified atom stereocenters. The molecule has 2 aromatic heterocycles. The Morgan fingerprint density at radius 1 is 1.43 bits per heavy atom. The molecule has 2 heterocycles. The largest absolute Gasteiger partial charge is 0.396 e. The Hall–Kier alpha value is -1.20. The van der Waals surface area contributed by atoms with Crippen LogP contribution in [0.1, 0.15) is 6.42 Å². The molecule has 0 spiro atoms. The van der Waals surface area contributed by atoms with Crippen LogP contribution in [0.2, 0.25) is 0 Å². The second kappa shape index (κ2) is 4.34. The highest BCUT2D eigenvalue weighted by atomic mass is 32.1. The van der Waals surface area contributed by atoms with Crippen LogP contribution in [-0.4, -0.2) is 28.2 Å². The molecule has 2 rings (SSSR count). The quantitative estimate of drug-likeness (QED) is 0.749. The van der Waals surface area contributed by atoms with Gasteiger partial charge in [-0.2, -0.15) is 0 Å². The molecule has 2 N–H and O–H groups in total. The lowest BCUT2D eigenvalue weighted by molar-refractivity contribution is 0.292. The topological polar surface area (TPSA) is 58.0 Å². The maximum atomic E-state index is 8.65. The van der Waals surface area contributed by atoms with Gasteiger partial charge in [-0.25, -0.2) is 9.97 Å². The molecule has 0 aliphatic carbocycles. The molecule has 14 heavy (non-hydrogen) atoms. The predicted molar refractivity (Wildman–Crippen MR) is 57.6 cm³/mol. The van der Waals surface area contributed by atoms with E-state index >= 15 is 0 Å². The van der Waals surface area contributed by atoms with Crippen molar-refractivity contribution in [2.45, 2.75) is 6.42 Å². The lowest BCUT2D eigenvalue weighted by Crippen LogP contribution is -2.05. The Labute approximate surface area is 85.6 Å². The molecule has 0 bridgehead atoms. The molecule has 0 aliphatic heterocycles. The van der Waals surface area contributed by atoms with E-state index in [1.165, 1.54) is 0 Å². The third kappa shape index (κ3) is 1.83. The normalized spacial score (nSPS) is 10.6. The van der Waals surface area contributed by atoms with Gasteiger partial charge < -0.3 is 10.4 Å². The van der Waals surface area contributed by atoms with Crippen LogP contribution in [0, 0.1) is 0 Å². The molecule has 5 heteroatoms. The second-order valence-electron chi connectivity index (χ2n) is 2.86. The molecule has 0 saturated heterocycles. The van der Waals surface area contributed by atoms with Gasteiger partial charge in [-0.05, 0) is 17.9 Å². The highest BCUT2D eigenvalue weighted by molar-refractivity contribution is 7.17. The van der Waals surface area contributed by atoms with E-state index in [0.717, 1.165) is 29.0 Å². The number of hydrogen-bond acceptors (Lipinski definition) is 5. The standard InChI is InChI=1S/C9H11N3OS/c13-4-1-3-10-9-8-7(2-5-14-8)11-6-12-9/h2,5-6,13H,1,3-4H2,(H,10,11,12). The van der Waals surface area contributed by atoms with Crippen molar-refractivity contribution in [1.82, 2.24) is 9.97 Å². The maximum absolute atomic E-state index is 8.65. The van der Waals surface area contributed by atoms with Crippen molar-refractivity contribution in [2.24, 2.45) is 0 Å². The van der Waals surface area contributed by atoms with Crippen LogP contribution in [-0.2, 0) is 0 Å². The number of aliphatic hydroxyl groups excluding tert-OH is 1. The summed E-state index contributed by atoms with van der Waals surface area (Å²) in [6.07, 6.45) is 2.28. The Morgan fingerprint density at radius 2 is 2.36 bits per heavy atom. The van der Waals surface area contributed by atoms with Crippen LogP contribution < -0.4 is 5.32 Å². The smallest absolute Gasteiger partial charge is 0.147 e. The number of aromatic nitrogens is 2. The van der Waals surface area contributed by atoms with E-state index in [2.05, 4.69) is 15.3 Å². The molecule has 2 aromatic rings. The molecule has 0 aromatic carbocycles. The summed E-state index contributed by atoms with van der Waals surface area (Å²) in [5.41, 5.74) is 0.969. The number of fused-ring (bicyclic) bond motifs is 1. The molecular weight excluding hydrogens is 198 g/mol. The number of rotatable bonds is 4. The van der Waals surface area contributed by atoms with Gasteiger partial charge in [0.15, 0.2) is 0 Å². The number of nitrogens with one attached hydrogen (secondary N) is 1. The average Bonchev–Trinajstić information content (AvgIpc) is 2.67. The van der Waals surface area contributed by atoms with Gasteiger partial charge in [-0.1, -0.05) is 0 Å². The number of nitrogens with zero attached hydrogens (tertiary/aromatic N) is 2. The molecule has 0 radical (unpaired) electrons. The zero-order chi connectivity index (χ0) is 9.80. The van der Waals surface area contributed by atoms with E-state index in [1.54, 1.807) is 17.7 Å². The molecule has 74 valence electrons. The summed E-state index contributed by atoms with van der Waals surface area (Å²) in [5, 5.41) is 13.8. The van der Waals surface area contributed by atoms with Gasteiger partial charge in [0.05, 0.1) is 10.2 Å². The molecule has 4 nitrogen and oxygen atoms in total. The first kappa shape index (κ1) is 9.36. The highest BCUT2D eigenvalue weighted by Crippen LogP contribution is 2.24. The molecule has 0 amide bonds. The summed E-state index contributed by atoms with van der Waals surface area (Å²) in [4.78, 5) is 8.30. The summed E-state index contributed by atoms with van der Waals surface area (Å²) in [6.45, 7) is 0.937. The van der Waals surface area contributed by atoms with Gasteiger partial charge in [0.2, 0.25) is 0 Å². The van der Waals surface area contributed by atoms with E-state index in [9.17, 15) is 0 Å². The van der Waals surface area contributed by atoms with Crippen LogP contribution in [0.5, 0.6) is 0 Å². The van der Waals surface area contributed by atoms with Crippen molar-refractivity contribution >= 4 is 27.4 Å². The zero-order valence-electron chi connectivity index (χ0n) is 7.60. The van der Waals surface area contributed by atoms with Gasteiger partial charge in [-0.3, -0.25) is 0 Å². The molecule has 0 atom stereocenters. The summed E-state index contributed by atoms with van der Waals surface area (Å²) >= 11 is 1.62. The lowest BCUT2D eigenvalue weighted by Gasteiger charge is -2.03. The minimum Gasteiger partial charge on any atom is -0.396 e.